The van der Waals surface area contributed by atoms with Gasteiger partial charge >= 0.3 is 0 Å². The molecule has 0 radical (unpaired) electrons. The molecule has 0 bridgehead atoms. The number of carbonyl (C=O) groups is 1. The van der Waals surface area contributed by atoms with E-state index in [9.17, 15) is 4.79 Å². The normalized spacial score (nSPS) is 10.4. The fourth-order valence-corrected chi connectivity index (χ4v) is 2.13. The molecule has 1 aromatic carbocycles. The van der Waals surface area contributed by atoms with Gasteiger partial charge in [-0.25, -0.2) is 4.98 Å². The molecule has 0 amide bonds. The van der Waals surface area contributed by atoms with Crippen LogP contribution in [0, 0.1) is 0 Å². The molecule has 6 heteroatoms. The molecule has 0 unspecified atom stereocenters. The SMILES string of the molecule is Nc1ncc(-c2cc(Cl)c(Cl)cc2Cl)cc1C=O. The summed E-state index contributed by atoms with van der Waals surface area (Å²) in [6.07, 6.45) is 2.16. The number of nitrogen functional groups attached to an aromatic ring is 1. The lowest BCUT2D eigenvalue weighted by molar-refractivity contribution is 0.112. The van der Waals surface area contributed by atoms with Gasteiger partial charge in [0.2, 0.25) is 0 Å². The molecule has 92 valence electrons. The average Bonchev–Trinajstić information content (AvgIpc) is 2.35. The van der Waals surface area contributed by atoms with E-state index in [2.05, 4.69) is 4.98 Å². The minimum atomic E-state index is 0.171. The van der Waals surface area contributed by atoms with E-state index < -0.39 is 0 Å². The Morgan fingerprint density at radius 1 is 1.06 bits per heavy atom. The van der Waals surface area contributed by atoms with Crippen LogP contribution in [0.25, 0.3) is 11.1 Å². The van der Waals surface area contributed by atoms with Crippen LogP contribution in [0.2, 0.25) is 15.1 Å². The van der Waals surface area contributed by atoms with Gasteiger partial charge in [0.25, 0.3) is 0 Å². The fourth-order valence-electron chi connectivity index (χ4n) is 1.48. The van der Waals surface area contributed by atoms with Crippen LogP contribution in [0.15, 0.2) is 24.4 Å². The van der Waals surface area contributed by atoms with E-state index in [-0.39, 0.29) is 5.82 Å². The first-order valence-electron chi connectivity index (χ1n) is 4.88. The van der Waals surface area contributed by atoms with Crippen LogP contribution in [0.3, 0.4) is 0 Å². The molecule has 18 heavy (non-hydrogen) atoms. The van der Waals surface area contributed by atoms with Gasteiger partial charge in [-0.1, -0.05) is 34.8 Å². The van der Waals surface area contributed by atoms with Crippen molar-refractivity contribution < 1.29 is 4.79 Å². The molecule has 1 heterocycles. The molecule has 0 saturated carbocycles. The van der Waals surface area contributed by atoms with Crippen molar-refractivity contribution in [1.82, 2.24) is 4.98 Å². The number of hydrogen-bond donors (Lipinski definition) is 1. The van der Waals surface area contributed by atoms with Crippen LogP contribution >= 0.6 is 34.8 Å². The zero-order valence-electron chi connectivity index (χ0n) is 8.95. The van der Waals surface area contributed by atoms with Crippen LogP contribution in [0.5, 0.6) is 0 Å². The topological polar surface area (TPSA) is 56.0 Å². The number of anilines is 1. The van der Waals surface area contributed by atoms with Crippen LogP contribution in [0.4, 0.5) is 5.82 Å². The zero-order chi connectivity index (χ0) is 13.3. The molecule has 0 saturated heterocycles. The highest BCUT2D eigenvalue weighted by molar-refractivity contribution is 6.44. The summed E-state index contributed by atoms with van der Waals surface area (Å²) in [6.45, 7) is 0. The van der Waals surface area contributed by atoms with E-state index in [1.165, 1.54) is 12.3 Å². The third kappa shape index (κ3) is 2.43. The Morgan fingerprint density at radius 3 is 2.39 bits per heavy atom. The minimum Gasteiger partial charge on any atom is -0.383 e. The Bertz CT molecular complexity index is 629. The first-order valence-corrected chi connectivity index (χ1v) is 6.02. The molecule has 2 N–H and O–H groups in total. The highest BCUT2D eigenvalue weighted by atomic mass is 35.5. The van der Waals surface area contributed by atoms with Gasteiger partial charge in [0.05, 0.1) is 20.6 Å². The van der Waals surface area contributed by atoms with E-state index in [1.54, 1.807) is 12.1 Å². The summed E-state index contributed by atoms with van der Waals surface area (Å²) in [4.78, 5) is 14.7. The van der Waals surface area contributed by atoms with Crippen LogP contribution < -0.4 is 5.73 Å². The minimum absolute atomic E-state index is 0.171. The van der Waals surface area contributed by atoms with Gasteiger partial charge in [0.15, 0.2) is 6.29 Å². The van der Waals surface area contributed by atoms with Gasteiger partial charge in [-0.2, -0.15) is 0 Å². The number of hydrogen-bond acceptors (Lipinski definition) is 3. The molecule has 0 atom stereocenters. The van der Waals surface area contributed by atoms with Gasteiger partial charge in [0, 0.05) is 17.3 Å². The van der Waals surface area contributed by atoms with Gasteiger partial charge in [-0.05, 0) is 18.2 Å². The molecule has 2 aromatic rings. The van der Waals surface area contributed by atoms with E-state index in [4.69, 9.17) is 40.5 Å². The van der Waals surface area contributed by atoms with Crippen molar-refractivity contribution >= 4 is 46.9 Å². The molecule has 1 aromatic heterocycles. The van der Waals surface area contributed by atoms with Crippen molar-refractivity contribution in [2.45, 2.75) is 0 Å². The zero-order valence-corrected chi connectivity index (χ0v) is 11.2. The summed E-state index contributed by atoms with van der Waals surface area (Å²) in [5, 5.41) is 1.16. The average molecular weight is 302 g/mol. The number of benzene rings is 1. The summed E-state index contributed by atoms with van der Waals surface area (Å²) < 4.78 is 0. The molecular formula is C12H7Cl3N2O. The Morgan fingerprint density at radius 2 is 1.72 bits per heavy atom. The van der Waals surface area contributed by atoms with Crippen LogP contribution in [0.1, 0.15) is 10.4 Å². The van der Waals surface area contributed by atoms with Crippen molar-refractivity contribution in [3.8, 4) is 11.1 Å². The monoisotopic (exact) mass is 300 g/mol. The molecule has 0 fully saturated rings. The molecule has 0 spiro atoms. The maximum Gasteiger partial charge on any atom is 0.153 e. The lowest BCUT2D eigenvalue weighted by Gasteiger charge is -2.08. The largest absolute Gasteiger partial charge is 0.383 e. The first kappa shape index (κ1) is 13.1. The molecule has 0 aliphatic rings. The van der Waals surface area contributed by atoms with E-state index >= 15 is 0 Å². The van der Waals surface area contributed by atoms with E-state index in [1.807, 2.05) is 0 Å². The lowest BCUT2D eigenvalue weighted by Crippen LogP contribution is -1.97. The van der Waals surface area contributed by atoms with E-state index in [0.29, 0.717) is 38.0 Å². The number of halogens is 3. The Balaban J connectivity index is 2.62. The second kappa shape index (κ2) is 5.14. The van der Waals surface area contributed by atoms with Crippen LogP contribution in [-0.4, -0.2) is 11.3 Å². The third-order valence-electron chi connectivity index (χ3n) is 2.40. The lowest BCUT2D eigenvalue weighted by atomic mass is 10.1. The maximum absolute atomic E-state index is 10.8. The maximum atomic E-state index is 10.8. The molecule has 2 rings (SSSR count). The number of aldehydes is 1. The molecule has 3 nitrogen and oxygen atoms in total. The van der Waals surface area contributed by atoms with Crippen molar-refractivity contribution in [1.29, 1.82) is 0 Å². The number of carbonyl (C=O) groups excluding carboxylic acids is 1. The molecule has 0 aliphatic carbocycles. The molecular weight excluding hydrogens is 295 g/mol. The van der Waals surface area contributed by atoms with Crippen molar-refractivity contribution in [2.75, 3.05) is 5.73 Å². The highest BCUT2D eigenvalue weighted by Crippen LogP contribution is 2.35. The summed E-state index contributed by atoms with van der Waals surface area (Å²) in [6, 6.07) is 4.76. The highest BCUT2D eigenvalue weighted by Gasteiger charge is 2.10. The summed E-state index contributed by atoms with van der Waals surface area (Å²) in [7, 11) is 0. The van der Waals surface area contributed by atoms with Crippen molar-refractivity contribution in [3.63, 3.8) is 0 Å². The summed E-state index contributed by atoms with van der Waals surface area (Å²) >= 11 is 17.9. The Kier molecular flexibility index (Phi) is 3.76. The Labute approximate surface area is 118 Å². The summed E-state index contributed by atoms with van der Waals surface area (Å²) in [5.41, 5.74) is 7.14. The van der Waals surface area contributed by atoms with Gasteiger partial charge in [-0.3, -0.25) is 4.79 Å². The van der Waals surface area contributed by atoms with Crippen LogP contribution in [-0.2, 0) is 0 Å². The molecule has 0 aliphatic heterocycles. The van der Waals surface area contributed by atoms with Crippen molar-refractivity contribution in [3.05, 3.63) is 45.0 Å². The second-order valence-electron chi connectivity index (χ2n) is 3.56. The number of aromatic nitrogens is 1. The second-order valence-corrected chi connectivity index (χ2v) is 4.78. The number of nitrogens with two attached hydrogens (primary N) is 1. The smallest absolute Gasteiger partial charge is 0.153 e. The Hall–Kier alpha value is -1.29. The number of nitrogens with zero attached hydrogens (tertiary/aromatic N) is 1. The van der Waals surface area contributed by atoms with Gasteiger partial charge in [-0.15, -0.1) is 0 Å². The quantitative estimate of drug-likeness (QED) is 0.671. The number of pyridine rings is 1. The predicted molar refractivity (Wildman–Crippen MR) is 74.5 cm³/mol. The van der Waals surface area contributed by atoms with E-state index in [0.717, 1.165) is 0 Å². The van der Waals surface area contributed by atoms with Crippen molar-refractivity contribution in [2.24, 2.45) is 0 Å². The van der Waals surface area contributed by atoms with Gasteiger partial charge in [0.1, 0.15) is 5.82 Å². The predicted octanol–water partition coefficient (Wildman–Crippen LogP) is 4.10. The first-order chi connectivity index (χ1) is 8.52. The third-order valence-corrected chi connectivity index (χ3v) is 3.43. The standard InChI is InChI=1S/C12H7Cl3N2O/c13-9-3-11(15)10(14)2-8(9)6-1-7(5-18)12(16)17-4-6/h1-5H,(H2,16,17). The number of rotatable bonds is 2. The fraction of sp³-hybridized carbons (Fsp3) is 0. The van der Waals surface area contributed by atoms with Gasteiger partial charge < -0.3 is 5.73 Å². The summed E-state index contributed by atoms with van der Waals surface area (Å²) in [5.74, 6) is 0.171.